The van der Waals surface area contributed by atoms with Crippen molar-refractivity contribution in [3.8, 4) is 0 Å². The lowest BCUT2D eigenvalue weighted by Crippen LogP contribution is -2.50. The third kappa shape index (κ3) is 4.29. The fraction of sp³-hybridized carbons (Fsp3) is 0.500. The van der Waals surface area contributed by atoms with Crippen molar-refractivity contribution in [1.29, 1.82) is 0 Å². The Kier molecular flexibility index (Phi) is 5.33. The summed E-state index contributed by atoms with van der Waals surface area (Å²) in [6, 6.07) is 7.62. The maximum absolute atomic E-state index is 12.4. The van der Waals surface area contributed by atoms with Crippen molar-refractivity contribution in [3.05, 3.63) is 35.4 Å². The van der Waals surface area contributed by atoms with Crippen molar-refractivity contribution in [2.75, 3.05) is 39.3 Å². The summed E-state index contributed by atoms with van der Waals surface area (Å²) in [4.78, 5) is 27.7. The lowest BCUT2D eigenvalue weighted by molar-refractivity contribution is -0.144. The van der Waals surface area contributed by atoms with Gasteiger partial charge in [0.2, 0.25) is 0 Å². The van der Waals surface area contributed by atoms with Crippen molar-refractivity contribution < 1.29 is 14.3 Å². The van der Waals surface area contributed by atoms with E-state index in [2.05, 4.69) is 0 Å². The van der Waals surface area contributed by atoms with Gasteiger partial charge in [-0.2, -0.15) is 0 Å². The second kappa shape index (κ2) is 7.22. The summed E-state index contributed by atoms with van der Waals surface area (Å²) in [7, 11) is 0. The maximum Gasteiger partial charge on any atom is 0.320 e. The molecule has 0 aromatic heterocycles. The molecule has 1 aromatic carbocycles. The molecule has 0 unspecified atom stereocenters. The van der Waals surface area contributed by atoms with E-state index in [4.69, 9.17) is 4.74 Å². The zero-order valence-corrected chi connectivity index (χ0v) is 12.7. The van der Waals surface area contributed by atoms with Crippen LogP contribution in [-0.4, -0.2) is 61.0 Å². The van der Waals surface area contributed by atoms with Crippen LogP contribution in [0.15, 0.2) is 24.3 Å². The Bertz CT molecular complexity index is 491. The van der Waals surface area contributed by atoms with Crippen LogP contribution >= 0.6 is 0 Å². The maximum atomic E-state index is 12.4. The average Bonchev–Trinajstić information content (AvgIpc) is 2.48. The average molecular weight is 290 g/mol. The Morgan fingerprint density at radius 2 is 1.71 bits per heavy atom. The first-order valence-electron chi connectivity index (χ1n) is 7.34. The molecule has 1 heterocycles. The molecular weight excluding hydrogens is 268 g/mol. The molecule has 1 aliphatic rings. The van der Waals surface area contributed by atoms with Crippen molar-refractivity contribution in [3.63, 3.8) is 0 Å². The highest BCUT2D eigenvalue weighted by atomic mass is 16.5. The minimum atomic E-state index is -0.198. The number of hydrogen-bond donors (Lipinski definition) is 0. The first-order valence-corrected chi connectivity index (χ1v) is 7.34. The van der Waals surface area contributed by atoms with Gasteiger partial charge in [0.1, 0.15) is 0 Å². The highest BCUT2D eigenvalue weighted by Gasteiger charge is 2.23. The van der Waals surface area contributed by atoms with E-state index in [9.17, 15) is 9.59 Å². The van der Waals surface area contributed by atoms with Crippen molar-refractivity contribution in [2.24, 2.45) is 0 Å². The molecule has 1 amide bonds. The Labute approximate surface area is 125 Å². The van der Waals surface area contributed by atoms with Gasteiger partial charge in [0, 0.05) is 31.7 Å². The summed E-state index contributed by atoms with van der Waals surface area (Å²) in [5.74, 6) is -0.137. The van der Waals surface area contributed by atoms with Gasteiger partial charge in [0.25, 0.3) is 5.91 Å². The third-order valence-corrected chi connectivity index (χ3v) is 3.62. The van der Waals surface area contributed by atoms with Crippen LogP contribution in [0.1, 0.15) is 22.8 Å². The van der Waals surface area contributed by atoms with Gasteiger partial charge in [-0.1, -0.05) is 17.7 Å². The van der Waals surface area contributed by atoms with E-state index in [-0.39, 0.29) is 11.9 Å². The lowest BCUT2D eigenvalue weighted by Gasteiger charge is -2.34. The predicted octanol–water partition coefficient (Wildman–Crippen LogP) is 1.32. The van der Waals surface area contributed by atoms with Crippen LogP contribution in [0.3, 0.4) is 0 Å². The Morgan fingerprint density at radius 1 is 1.10 bits per heavy atom. The van der Waals surface area contributed by atoms with Crippen molar-refractivity contribution in [2.45, 2.75) is 13.8 Å². The first-order chi connectivity index (χ1) is 10.1. The summed E-state index contributed by atoms with van der Waals surface area (Å²) in [5, 5.41) is 0. The van der Waals surface area contributed by atoms with E-state index in [1.165, 1.54) is 0 Å². The highest BCUT2D eigenvalue weighted by molar-refractivity contribution is 5.94. The number of carbonyl (C=O) groups excluding carboxylic acids is 2. The Hall–Kier alpha value is -1.88. The zero-order valence-electron chi connectivity index (χ0n) is 12.7. The third-order valence-electron chi connectivity index (χ3n) is 3.62. The number of amides is 1. The standard InChI is InChI=1S/C16H22N2O3/c1-3-21-15(19)12-17-8-10-18(11-9-17)16(20)14-6-4-13(2)5-7-14/h4-7H,3,8-12H2,1-2H3. The Balaban J connectivity index is 1.84. The predicted molar refractivity (Wildman–Crippen MR) is 80.2 cm³/mol. The van der Waals surface area contributed by atoms with Crippen LogP contribution in [0.25, 0.3) is 0 Å². The number of carbonyl (C=O) groups is 2. The molecule has 0 spiro atoms. The van der Waals surface area contributed by atoms with Gasteiger partial charge in [0.15, 0.2) is 0 Å². The fourth-order valence-electron chi connectivity index (χ4n) is 2.38. The molecule has 21 heavy (non-hydrogen) atoms. The summed E-state index contributed by atoms with van der Waals surface area (Å²) >= 11 is 0. The summed E-state index contributed by atoms with van der Waals surface area (Å²) in [6.45, 7) is 7.22. The number of hydrogen-bond acceptors (Lipinski definition) is 4. The van der Waals surface area contributed by atoms with Crippen molar-refractivity contribution >= 4 is 11.9 Å². The molecule has 1 saturated heterocycles. The van der Waals surface area contributed by atoms with Crippen LogP contribution in [0.5, 0.6) is 0 Å². The number of aryl methyl sites for hydroxylation is 1. The molecule has 0 N–H and O–H groups in total. The summed E-state index contributed by atoms with van der Waals surface area (Å²) < 4.78 is 4.94. The minimum absolute atomic E-state index is 0.0609. The molecule has 114 valence electrons. The molecule has 1 aliphatic heterocycles. The van der Waals surface area contributed by atoms with Gasteiger partial charge in [-0.15, -0.1) is 0 Å². The lowest BCUT2D eigenvalue weighted by atomic mass is 10.1. The van der Waals surface area contributed by atoms with Gasteiger partial charge in [-0.05, 0) is 26.0 Å². The molecule has 0 atom stereocenters. The molecule has 0 aliphatic carbocycles. The number of piperazine rings is 1. The van der Waals surface area contributed by atoms with E-state index in [0.29, 0.717) is 39.3 Å². The van der Waals surface area contributed by atoms with E-state index >= 15 is 0 Å². The van der Waals surface area contributed by atoms with Crippen LogP contribution in [0.2, 0.25) is 0 Å². The van der Waals surface area contributed by atoms with Crippen LogP contribution < -0.4 is 0 Å². The van der Waals surface area contributed by atoms with E-state index < -0.39 is 0 Å². The number of nitrogens with zero attached hydrogens (tertiary/aromatic N) is 2. The van der Waals surface area contributed by atoms with E-state index in [1.807, 2.05) is 41.0 Å². The molecule has 0 saturated carbocycles. The molecule has 2 rings (SSSR count). The summed E-state index contributed by atoms with van der Waals surface area (Å²) in [5.41, 5.74) is 1.87. The van der Waals surface area contributed by atoms with Gasteiger partial charge in [-0.25, -0.2) is 0 Å². The van der Waals surface area contributed by atoms with Gasteiger partial charge in [-0.3, -0.25) is 14.5 Å². The Morgan fingerprint density at radius 3 is 2.29 bits per heavy atom. The molecule has 1 aromatic rings. The summed E-state index contributed by atoms with van der Waals surface area (Å²) in [6.07, 6.45) is 0. The fourth-order valence-corrected chi connectivity index (χ4v) is 2.38. The minimum Gasteiger partial charge on any atom is -0.465 e. The second-order valence-corrected chi connectivity index (χ2v) is 5.24. The number of rotatable bonds is 4. The number of benzene rings is 1. The highest BCUT2D eigenvalue weighted by Crippen LogP contribution is 2.10. The van der Waals surface area contributed by atoms with Gasteiger partial charge >= 0.3 is 5.97 Å². The van der Waals surface area contributed by atoms with E-state index in [0.717, 1.165) is 11.1 Å². The molecule has 5 heteroatoms. The second-order valence-electron chi connectivity index (χ2n) is 5.24. The zero-order chi connectivity index (χ0) is 15.2. The number of ether oxygens (including phenoxy) is 1. The largest absolute Gasteiger partial charge is 0.465 e. The normalized spacial score (nSPS) is 15.8. The number of esters is 1. The molecule has 5 nitrogen and oxygen atoms in total. The first kappa shape index (κ1) is 15.5. The SMILES string of the molecule is CCOC(=O)CN1CCN(C(=O)c2ccc(C)cc2)CC1. The quantitative estimate of drug-likeness (QED) is 0.785. The van der Waals surface area contributed by atoms with Crippen LogP contribution in [-0.2, 0) is 9.53 Å². The van der Waals surface area contributed by atoms with Gasteiger partial charge in [0.05, 0.1) is 13.2 Å². The topological polar surface area (TPSA) is 49.9 Å². The van der Waals surface area contributed by atoms with Crippen LogP contribution in [0.4, 0.5) is 0 Å². The molecule has 0 bridgehead atoms. The monoisotopic (exact) mass is 290 g/mol. The van der Waals surface area contributed by atoms with Gasteiger partial charge < -0.3 is 9.64 Å². The van der Waals surface area contributed by atoms with Crippen molar-refractivity contribution in [1.82, 2.24) is 9.80 Å². The molecule has 0 radical (unpaired) electrons. The van der Waals surface area contributed by atoms with E-state index in [1.54, 1.807) is 6.92 Å². The molecule has 1 fully saturated rings. The smallest absolute Gasteiger partial charge is 0.320 e. The van der Waals surface area contributed by atoms with Crippen LogP contribution in [0, 0.1) is 6.92 Å². The molecular formula is C16H22N2O3.